The fraction of sp³-hybridized carbons (Fsp3) is 0.455. The molecule has 1 aromatic carbocycles. The first kappa shape index (κ1) is 22.6. The molecule has 0 radical (unpaired) electrons. The highest BCUT2D eigenvalue weighted by atomic mass is 32.1. The quantitative estimate of drug-likeness (QED) is 0.461. The zero-order valence-corrected chi connectivity index (χ0v) is 18.1. The highest BCUT2D eigenvalue weighted by molar-refractivity contribution is 7.18. The standard InChI is InChI=1S/C22H28N4O2S/c1-5-14(3)18(13-24-22(28)15(4)12-23)25-20(27)9-10-21-26-17-8-7-16(6-2)11-19(17)29-21/h7-8,11,14,18H,4-6,9-10,13H2,1-3H3,(H,24,28)(H,25,27). The summed E-state index contributed by atoms with van der Waals surface area (Å²) in [6, 6.07) is 7.81. The van der Waals surface area contributed by atoms with E-state index in [2.05, 4.69) is 41.3 Å². The molecule has 0 saturated carbocycles. The van der Waals surface area contributed by atoms with Crippen molar-refractivity contribution in [3.63, 3.8) is 0 Å². The van der Waals surface area contributed by atoms with Crippen molar-refractivity contribution in [2.24, 2.45) is 5.92 Å². The van der Waals surface area contributed by atoms with Crippen molar-refractivity contribution in [3.8, 4) is 6.07 Å². The van der Waals surface area contributed by atoms with Crippen molar-refractivity contribution in [3.05, 3.63) is 40.9 Å². The summed E-state index contributed by atoms with van der Waals surface area (Å²) in [4.78, 5) is 28.9. The number of benzene rings is 1. The van der Waals surface area contributed by atoms with Crippen LogP contribution in [0.5, 0.6) is 0 Å². The van der Waals surface area contributed by atoms with Gasteiger partial charge in [-0.2, -0.15) is 5.26 Å². The van der Waals surface area contributed by atoms with E-state index in [0.717, 1.165) is 28.1 Å². The van der Waals surface area contributed by atoms with Gasteiger partial charge in [0.05, 0.1) is 15.2 Å². The molecule has 0 spiro atoms. The summed E-state index contributed by atoms with van der Waals surface area (Å²) in [6.07, 6.45) is 2.77. The molecule has 2 amide bonds. The molecule has 0 aliphatic carbocycles. The van der Waals surface area contributed by atoms with Gasteiger partial charge in [-0.05, 0) is 30.0 Å². The molecule has 2 N–H and O–H groups in total. The Morgan fingerprint density at radius 2 is 2.10 bits per heavy atom. The summed E-state index contributed by atoms with van der Waals surface area (Å²) < 4.78 is 1.15. The molecule has 1 heterocycles. The number of nitrogens with zero attached hydrogens (tertiary/aromatic N) is 2. The van der Waals surface area contributed by atoms with Gasteiger partial charge in [-0.3, -0.25) is 9.59 Å². The molecule has 1 aromatic heterocycles. The van der Waals surface area contributed by atoms with Gasteiger partial charge in [0.15, 0.2) is 0 Å². The molecule has 154 valence electrons. The normalized spacial score (nSPS) is 12.8. The van der Waals surface area contributed by atoms with Crippen LogP contribution in [0.15, 0.2) is 30.4 Å². The lowest BCUT2D eigenvalue weighted by Crippen LogP contribution is -2.47. The lowest BCUT2D eigenvalue weighted by atomic mass is 9.98. The molecule has 6 nitrogen and oxygen atoms in total. The highest BCUT2D eigenvalue weighted by Gasteiger charge is 2.20. The molecule has 0 fully saturated rings. The predicted octanol–water partition coefficient (Wildman–Crippen LogP) is 3.52. The van der Waals surface area contributed by atoms with E-state index >= 15 is 0 Å². The first-order valence-electron chi connectivity index (χ1n) is 9.92. The number of rotatable bonds is 10. The number of aryl methyl sites for hydroxylation is 2. The number of hydrogen-bond acceptors (Lipinski definition) is 5. The molecule has 2 rings (SSSR count). The summed E-state index contributed by atoms with van der Waals surface area (Å²) in [7, 11) is 0. The summed E-state index contributed by atoms with van der Waals surface area (Å²) in [6.45, 7) is 9.85. The summed E-state index contributed by atoms with van der Waals surface area (Å²) in [5.74, 6) is -0.391. The average molecular weight is 413 g/mol. The van der Waals surface area contributed by atoms with Crippen molar-refractivity contribution in [2.75, 3.05) is 6.54 Å². The van der Waals surface area contributed by atoms with Gasteiger partial charge in [0.25, 0.3) is 5.91 Å². The number of nitriles is 1. The van der Waals surface area contributed by atoms with Crippen LogP contribution in [0.3, 0.4) is 0 Å². The van der Waals surface area contributed by atoms with Gasteiger partial charge >= 0.3 is 0 Å². The number of thiazole rings is 1. The largest absolute Gasteiger partial charge is 0.351 e. The predicted molar refractivity (Wildman–Crippen MR) is 116 cm³/mol. The smallest absolute Gasteiger partial charge is 0.261 e. The Balaban J connectivity index is 1.93. The van der Waals surface area contributed by atoms with E-state index in [0.29, 0.717) is 12.8 Å². The molecule has 2 unspecified atom stereocenters. The number of hydrogen-bond donors (Lipinski definition) is 2. The number of carbonyl (C=O) groups excluding carboxylic acids is 2. The Morgan fingerprint density at radius 1 is 1.34 bits per heavy atom. The van der Waals surface area contributed by atoms with Gasteiger partial charge in [0, 0.05) is 25.4 Å². The van der Waals surface area contributed by atoms with E-state index in [1.54, 1.807) is 17.4 Å². The molecule has 0 saturated heterocycles. The maximum atomic E-state index is 12.5. The minimum absolute atomic E-state index is 0.0721. The van der Waals surface area contributed by atoms with E-state index in [9.17, 15) is 9.59 Å². The second-order valence-corrected chi connectivity index (χ2v) is 8.24. The Bertz CT molecular complexity index is 929. The third-order valence-electron chi connectivity index (χ3n) is 5.04. The van der Waals surface area contributed by atoms with Crippen molar-refractivity contribution < 1.29 is 9.59 Å². The van der Waals surface area contributed by atoms with Gasteiger partial charge in [0.1, 0.15) is 11.6 Å². The molecule has 0 aliphatic heterocycles. The van der Waals surface area contributed by atoms with Gasteiger partial charge in [-0.25, -0.2) is 4.98 Å². The average Bonchev–Trinajstić information content (AvgIpc) is 3.15. The monoisotopic (exact) mass is 412 g/mol. The van der Waals surface area contributed by atoms with E-state index in [4.69, 9.17) is 5.26 Å². The number of carbonyl (C=O) groups is 2. The summed E-state index contributed by atoms with van der Waals surface area (Å²) in [5, 5.41) is 15.4. The Kier molecular flexibility index (Phi) is 8.34. The number of aromatic nitrogens is 1. The van der Waals surface area contributed by atoms with Crippen LogP contribution in [0.25, 0.3) is 10.2 Å². The van der Waals surface area contributed by atoms with E-state index in [-0.39, 0.29) is 30.0 Å². The molecule has 7 heteroatoms. The number of nitrogens with one attached hydrogen (secondary N) is 2. The summed E-state index contributed by atoms with van der Waals surface area (Å²) >= 11 is 1.63. The van der Waals surface area contributed by atoms with Crippen LogP contribution >= 0.6 is 11.3 Å². The second-order valence-electron chi connectivity index (χ2n) is 7.12. The van der Waals surface area contributed by atoms with Crippen LogP contribution in [-0.2, 0) is 22.4 Å². The Morgan fingerprint density at radius 3 is 2.76 bits per heavy atom. The zero-order chi connectivity index (χ0) is 21.4. The van der Waals surface area contributed by atoms with Gasteiger partial charge in [-0.1, -0.05) is 39.8 Å². The molecule has 29 heavy (non-hydrogen) atoms. The van der Waals surface area contributed by atoms with Crippen molar-refractivity contribution in [2.45, 2.75) is 52.5 Å². The van der Waals surface area contributed by atoms with Gasteiger partial charge in [-0.15, -0.1) is 11.3 Å². The van der Waals surface area contributed by atoms with Crippen LogP contribution in [0, 0.1) is 17.2 Å². The third-order valence-corrected chi connectivity index (χ3v) is 6.12. The zero-order valence-electron chi connectivity index (χ0n) is 17.2. The molecule has 0 bridgehead atoms. The van der Waals surface area contributed by atoms with E-state index in [1.807, 2.05) is 19.9 Å². The first-order chi connectivity index (χ1) is 13.9. The number of fused-ring (bicyclic) bond motifs is 1. The lowest BCUT2D eigenvalue weighted by molar-refractivity contribution is -0.123. The molecule has 2 atom stereocenters. The SMILES string of the molecule is C=C(C#N)C(=O)NCC(NC(=O)CCc1nc2ccc(CC)cc2s1)C(C)CC. The highest BCUT2D eigenvalue weighted by Crippen LogP contribution is 2.24. The molecule has 2 aromatic rings. The lowest BCUT2D eigenvalue weighted by Gasteiger charge is -2.24. The summed E-state index contributed by atoms with van der Waals surface area (Å²) in [5.41, 5.74) is 2.12. The topological polar surface area (TPSA) is 94.9 Å². The maximum absolute atomic E-state index is 12.5. The fourth-order valence-electron chi connectivity index (χ4n) is 2.88. The minimum atomic E-state index is -0.504. The van der Waals surface area contributed by atoms with Crippen LogP contribution < -0.4 is 10.6 Å². The van der Waals surface area contributed by atoms with Crippen molar-refractivity contribution >= 4 is 33.4 Å². The molecular weight excluding hydrogens is 384 g/mol. The van der Waals surface area contributed by atoms with Crippen LogP contribution in [-0.4, -0.2) is 29.4 Å². The van der Waals surface area contributed by atoms with Crippen molar-refractivity contribution in [1.29, 1.82) is 5.26 Å². The first-order valence-corrected chi connectivity index (χ1v) is 10.7. The van der Waals surface area contributed by atoms with Gasteiger partial charge in [0.2, 0.25) is 5.91 Å². The minimum Gasteiger partial charge on any atom is -0.351 e. The van der Waals surface area contributed by atoms with Crippen LogP contribution in [0.4, 0.5) is 0 Å². The van der Waals surface area contributed by atoms with Crippen LogP contribution in [0.2, 0.25) is 0 Å². The van der Waals surface area contributed by atoms with Crippen LogP contribution in [0.1, 0.15) is 44.2 Å². The van der Waals surface area contributed by atoms with E-state index < -0.39 is 5.91 Å². The Hall–Kier alpha value is -2.72. The maximum Gasteiger partial charge on any atom is 0.261 e. The second kappa shape index (κ2) is 10.7. The fourth-order valence-corrected chi connectivity index (χ4v) is 3.91. The number of amides is 2. The van der Waals surface area contributed by atoms with Gasteiger partial charge < -0.3 is 10.6 Å². The Labute approximate surface area is 176 Å². The third kappa shape index (κ3) is 6.40. The molecule has 0 aliphatic rings. The molecular formula is C22H28N4O2S. The van der Waals surface area contributed by atoms with E-state index in [1.165, 1.54) is 5.56 Å². The van der Waals surface area contributed by atoms with Crippen molar-refractivity contribution in [1.82, 2.24) is 15.6 Å².